The van der Waals surface area contributed by atoms with E-state index in [0.717, 1.165) is 43.1 Å². The van der Waals surface area contributed by atoms with Crippen LogP contribution in [0.25, 0.3) is 0 Å². The van der Waals surface area contributed by atoms with Crippen molar-refractivity contribution in [3.63, 3.8) is 0 Å². The van der Waals surface area contributed by atoms with Crippen molar-refractivity contribution in [3.05, 3.63) is 47.0 Å². The molecule has 0 saturated carbocycles. The molecule has 0 bridgehead atoms. The minimum atomic E-state index is -0.107. The molecule has 1 aliphatic heterocycles. The van der Waals surface area contributed by atoms with Gasteiger partial charge < -0.3 is 24.6 Å². The Bertz CT molecular complexity index is 836. The van der Waals surface area contributed by atoms with Crippen molar-refractivity contribution >= 4 is 28.9 Å². The maximum Gasteiger partial charge on any atom is 0.228 e. The van der Waals surface area contributed by atoms with Crippen LogP contribution < -0.4 is 19.7 Å². The lowest BCUT2D eigenvalue weighted by molar-refractivity contribution is -0.115. The fraction of sp³-hybridized carbons (Fsp3) is 0.381. The fourth-order valence-corrected chi connectivity index (χ4v) is 3.47. The number of amides is 1. The number of carbonyl (C=O) groups excluding carboxylic acids is 1. The number of benzene rings is 2. The summed E-state index contributed by atoms with van der Waals surface area (Å²) in [5, 5.41) is 3.62. The summed E-state index contributed by atoms with van der Waals surface area (Å²) < 4.78 is 10.6. The number of likely N-dealkylation sites (N-methyl/N-ethyl adjacent to an activating group) is 1. The zero-order chi connectivity index (χ0) is 20.1. The third-order valence-electron chi connectivity index (χ3n) is 4.89. The summed E-state index contributed by atoms with van der Waals surface area (Å²) in [6, 6.07) is 11.1. The molecule has 1 saturated heterocycles. The largest absolute Gasteiger partial charge is 0.493 e. The van der Waals surface area contributed by atoms with Crippen LogP contribution in [-0.2, 0) is 11.2 Å². The lowest BCUT2D eigenvalue weighted by Crippen LogP contribution is -2.44. The lowest BCUT2D eigenvalue weighted by atomic mass is 10.1. The molecule has 2 aromatic carbocycles. The quantitative estimate of drug-likeness (QED) is 0.802. The zero-order valence-electron chi connectivity index (χ0n) is 16.5. The molecule has 1 fully saturated rings. The Kier molecular flexibility index (Phi) is 6.65. The second-order valence-electron chi connectivity index (χ2n) is 6.87. The number of piperazine rings is 1. The van der Waals surface area contributed by atoms with Gasteiger partial charge in [-0.1, -0.05) is 17.7 Å². The van der Waals surface area contributed by atoms with Crippen LogP contribution >= 0.6 is 11.6 Å². The Morgan fingerprint density at radius 3 is 2.43 bits per heavy atom. The number of anilines is 2. The number of hydrogen-bond donors (Lipinski definition) is 1. The molecule has 0 aromatic heterocycles. The molecule has 1 aliphatic rings. The van der Waals surface area contributed by atoms with Crippen molar-refractivity contribution in [2.24, 2.45) is 0 Å². The fourth-order valence-electron chi connectivity index (χ4n) is 3.30. The highest BCUT2D eigenvalue weighted by molar-refractivity contribution is 6.31. The highest BCUT2D eigenvalue weighted by Gasteiger charge is 2.18. The van der Waals surface area contributed by atoms with Crippen molar-refractivity contribution in [2.45, 2.75) is 6.42 Å². The minimum absolute atomic E-state index is 0.107. The monoisotopic (exact) mass is 403 g/mol. The molecule has 28 heavy (non-hydrogen) atoms. The Morgan fingerprint density at radius 1 is 1.04 bits per heavy atom. The maximum absolute atomic E-state index is 12.7. The second-order valence-corrected chi connectivity index (χ2v) is 7.30. The first kappa shape index (κ1) is 20.3. The van der Waals surface area contributed by atoms with Gasteiger partial charge in [0.2, 0.25) is 5.91 Å². The van der Waals surface area contributed by atoms with E-state index in [-0.39, 0.29) is 12.3 Å². The van der Waals surface area contributed by atoms with Crippen LogP contribution in [0.5, 0.6) is 11.5 Å². The topological polar surface area (TPSA) is 54.0 Å². The molecule has 2 aromatic rings. The van der Waals surface area contributed by atoms with E-state index in [1.165, 1.54) is 0 Å². The first-order chi connectivity index (χ1) is 13.5. The molecule has 150 valence electrons. The van der Waals surface area contributed by atoms with E-state index in [4.69, 9.17) is 21.1 Å². The SMILES string of the molecule is COc1ccc(CC(=O)Nc2cc(Cl)ccc2N2CCN(C)CC2)cc1OC. The average molecular weight is 404 g/mol. The van der Waals surface area contributed by atoms with Crippen LogP contribution in [0.4, 0.5) is 11.4 Å². The van der Waals surface area contributed by atoms with Gasteiger partial charge in [0.05, 0.1) is 32.0 Å². The smallest absolute Gasteiger partial charge is 0.228 e. The highest BCUT2D eigenvalue weighted by Crippen LogP contribution is 2.31. The van der Waals surface area contributed by atoms with Crippen molar-refractivity contribution in [3.8, 4) is 11.5 Å². The van der Waals surface area contributed by atoms with Gasteiger partial charge in [0, 0.05) is 31.2 Å². The average Bonchev–Trinajstić information content (AvgIpc) is 2.69. The predicted octanol–water partition coefficient (Wildman–Crippen LogP) is 3.29. The van der Waals surface area contributed by atoms with Gasteiger partial charge in [-0.25, -0.2) is 0 Å². The summed E-state index contributed by atoms with van der Waals surface area (Å²) in [6.07, 6.45) is 0.231. The molecule has 0 aliphatic carbocycles. The summed E-state index contributed by atoms with van der Waals surface area (Å²) in [5.74, 6) is 1.14. The number of hydrogen-bond acceptors (Lipinski definition) is 5. The van der Waals surface area contributed by atoms with E-state index >= 15 is 0 Å². The summed E-state index contributed by atoms with van der Waals surface area (Å²) in [7, 11) is 5.28. The standard InChI is InChI=1S/C21H26ClN3O3/c1-24-8-10-25(11-9-24)18-6-5-16(22)14-17(18)23-21(26)13-15-4-7-19(27-2)20(12-15)28-3/h4-7,12,14H,8-11,13H2,1-3H3,(H,23,26). The van der Waals surface area contributed by atoms with Crippen LogP contribution in [0.15, 0.2) is 36.4 Å². The highest BCUT2D eigenvalue weighted by atomic mass is 35.5. The van der Waals surface area contributed by atoms with Crippen LogP contribution in [0, 0.1) is 0 Å². The lowest BCUT2D eigenvalue weighted by Gasteiger charge is -2.35. The Morgan fingerprint density at radius 2 is 1.75 bits per heavy atom. The summed E-state index contributed by atoms with van der Waals surface area (Å²) >= 11 is 6.19. The molecule has 7 heteroatoms. The molecule has 0 unspecified atom stereocenters. The van der Waals surface area contributed by atoms with Crippen LogP contribution in [0.1, 0.15) is 5.56 Å². The van der Waals surface area contributed by atoms with Gasteiger partial charge >= 0.3 is 0 Å². The molecule has 0 radical (unpaired) electrons. The predicted molar refractivity (Wildman–Crippen MR) is 113 cm³/mol. The summed E-state index contributed by atoms with van der Waals surface area (Å²) in [6.45, 7) is 3.80. The van der Waals surface area contributed by atoms with Crippen LogP contribution in [-0.4, -0.2) is 58.3 Å². The van der Waals surface area contributed by atoms with Gasteiger partial charge in [-0.2, -0.15) is 0 Å². The van der Waals surface area contributed by atoms with E-state index < -0.39 is 0 Å². The molecule has 1 amide bonds. The number of halogens is 1. The van der Waals surface area contributed by atoms with E-state index in [9.17, 15) is 4.79 Å². The summed E-state index contributed by atoms with van der Waals surface area (Å²) in [4.78, 5) is 17.3. The molecule has 1 heterocycles. The Labute approximate surface area is 171 Å². The van der Waals surface area contributed by atoms with Gasteiger partial charge in [0.25, 0.3) is 0 Å². The molecular formula is C21H26ClN3O3. The van der Waals surface area contributed by atoms with Crippen LogP contribution in [0.3, 0.4) is 0 Å². The number of nitrogens with one attached hydrogen (secondary N) is 1. The Hall–Kier alpha value is -2.44. The summed E-state index contributed by atoms with van der Waals surface area (Å²) in [5.41, 5.74) is 2.58. The zero-order valence-corrected chi connectivity index (χ0v) is 17.3. The van der Waals surface area contributed by atoms with Gasteiger partial charge in [0.1, 0.15) is 0 Å². The van der Waals surface area contributed by atoms with Gasteiger partial charge in [-0.3, -0.25) is 4.79 Å². The van der Waals surface area contributed by atoms with Crippen molar-refractivity contribution < 1.29 is 14.3 Å². The normalized spacial score (nSPS) is 14.6. The maximum atomic E-state index is 12.7. The van der Waals surface area contributed by atoms with E-state index in [1.54, 1.807) is 20.3 Å². The minimum Gasteiger partial charge on any atom is -0.493 e. The van der Waals surface area contributed by atoms with Gasteiger partial charge in [-0.15, -0.1) is 0 Å². The van der Waals surface area contributed by atoms with E-state index in [1.807, 2.05) is 30.3 Å². The van der Waals surface area contributed by atoms with Gasteiger partial charge in [-0.05, 0) is 42.9 Å². The number of rotatable bonds is 6. The molecule has 1 N–H and O–H groups in total. The van der Waals surface area contributed by atoms with Crippen molar-refractivity contribution in [1.29, 1.82) is 0 Å². The number of methoxy groups -OCH3 is 2. The Balaban J connectivity index is 1.74. The molecule has 6 nitrogen and oxygen atoms in total. The first-order valence-corrected chi connectivity index (χ1v) is 9.61. The molecular weight excluding hydrogens is 378 g/mol. The van der Waals surface area contributed by atoms with E-state index in [0.29, 0.717) is 16.5 Å². The van der Waals surface area contributed by atoms with E-state index in [2.05, 4.69) is 22.2 Å². The third kappa shape index (κ3) is 4.88. The number of ether oxygens (including phenoxy) is 2. The third-order valence-corrected chi connectivity index (χ3v) is 5.12. The number of nitrogens with zero attached hydrogens (tertiary/aromatic N) is 2. The molecule has 0 atom stereocenters. The van der Waals surface area contributed by atoms with Crippen molar-refractivity contribution in [1.82, 2.24) is 4.90 Å². The number of carbonyl (C=O) groups is 1. The van der Waals surface area contributed by atoms with Crippen LogP contribution in [0.2, 0.25) is 5.02 Å². The van der Waals surface area contributed by atoms with Crippen molar-refractivity contribution in [2.75, 3.05) is 57.7 Å². The molecule has 0 spiro atoms. The molecule has 3 rings (SSSR count). The first-order valence-electron chi connectivity index (χ1n) is 9.24. The second kappa shape index (κ2) is 9.17. The van der Waals surface area contributed by atoms with Gasteiger partial charge in [0.15, 0.2) is 11.5 Å².